The predicted octanol–water partition coefficient (Wildman–Crippen LogP) is 0.311. The minimum absolute atomic E-state index is 0.0448. The summed E-state index contributed by atoms with van der Waals surface area (Å²) < 4.78 is 27.5. The van der Waals surface area contributed by atoms with Crippen molar-refractivity contribution in [3.05, 3.63) is 30.1 Å². The minimum atomic E-state index is -3.50. The highest BCUT2D eigenvalue weighted by Crippen LogP contribution is 2.31. The molecule has 7 nitrogen and oxygen atoms in total. The van der Waals surface area contributed by atoms with E-state index in [1.807, 2.05) is 23.1 Å². The minimum Gasteiger partial charge on any atom is -0.332 e. The van der Waals surface area contributed by atoms with E-state index in [2.05, 4.69) is 4.98 Å². The smallest absolute Gasteiger partial charge is 0.281 e. The van der Waals surface area contributed by atoms with Crippen molar-refractivity contribution in [2.24, 2.45) is 5.92 Å². The Bertz CT molecular complexity index is 677. The summed E-state index contributed by atoms with van der Waals surface area (Å²) in [5.74, 6) is -0.212. The van der Waals surface area contributed by atoms with Crippen LogP contribution in [-0.4, -0.2) is 66.0 Å². The number of nitrogens with zero attached hydrogens (tertiary/aromatic N) is 4. The van der Waals surface area contributed by atoms with Gasteiger partial charge in [0.05, 0.1) is 18.2 Å². The molecule has 4 heterocycles. The van der Waals surface area contributed by atoms with Gasteiger partial charge >= 0.3 is 0 Å². The van der Waals surface area contributed by atoms with Gasteiger partial charge in [0.15, 0.2) is 0 Å². The van der Waals surface area contributed by atoms with Gasteiger partial charge in [0, 0.05) is 39.4 Å². The zero-order valence-corrected chi connectivity index (χ0v) is 14.2. The van der Waals surface area contributed by atoms with E-state index in [1.54, 1.807) is 6.20 Å². The molecule has 1 aromatic rings. The maximum Gasteiger partial charge on any atom is 0.281 e. The van der Waals surface area contributed by atoms with Crippen molar-refractivity contribution in [3.8, 4) is 0 Å². The summed E-state index contributed by atoms with van der Waals surface area (Å²) in [6.45, 7) is 1.07. The van der Waals surface area contributed by atoms with Crippen molar-refractivity contribution in [2.75, 3.05) is 27.2 Å². The SMILES string of the molecule is CN(C)S(=O)(=O)N1C[C@@H]2CC[C@H](C1)N(Cc1ccccn1)C2=O. The maximum absolute atomic E-state index is 12.7. The topological polar surface area (TPSA) is 73.8 Å². The van der Waals surface area contributed by atoms with E-state index in [-0.39, 0.29) is 24.4 Å². The largest absolute Gasteiger partial charge is 0.332 e. The van der Waals surface area contributed by atoms with Gasteiger partial charge in [-0.05, 0) is 25.0 Å². The number of fused-ring (bicyclic) bond motifs is 4. The molecule has 126 valence electrons. The van der Waals surface area contributed by atoms with E-state index in [1.165, 1.54) is 22.7 Å². The van der Waals surface area contributed by atoms with Gasteiger partial charge in [-0.2, -0.15) is 17.0 Å². The van der Waals surface area contributed by atoms with Crippen LogP contribution >= 0.6 is 0 Å². The first-order valence-electron chi connectivity index (χ1n) is 7.77. The van der Waals surface area contributed by atoms with Gasteiger partial charge < -0.3 is 4.90 Å². The number of rotatable bonds is 4. The molecule has 1 amide bonds. The van der Waals surface area contributed by atoms with Crippen LogP contribution in [0.2, 0.25) is 0 Å². The summed E-state index contributed by atoms with van der Waals surface area (Å²) in [5.41, 5.74) is 0.829. The van der Waals surface area contributed by atoms with Crippen LogP contribution in [0.5, 0.6) is 0 Å². The zero-order chi connectivity index (χ0) is 16.6. The molecule has 0 radical (unpaired) electrons. The van der Waals surface area contributed by atoms with Crippen LogP contribution < -0.4 is 0 Å². The number of carbonyl (C=O) groups excluding carboxylic acids is 1. The molecule has 8 heteroatoms. The Morgan fingerprint density at radius 1 is 1.26 bits per heavy atom. The number of piperidine rings is 1. The average molecular weight is 338 g/mol. The lowest BCUT2D eigenvalue weighted by Crippen LogP contribution is -2.48. The third-order valence-electron chi connectivity index (χ3n) is 4.61. The third-order valence-corrected chi connectivity index (χ3v) is 6.48. The molecule has 3 aliphatic heterocycles. The van der Waals surface area contributed by atoms with E-state index in [0.717, 1.165) is 18.5 Å². The van der Waals surface area contributed by atoms with E-state index in [0.29, 0.717) is 13.1 Å². The Balaban J connectivity index is 1.84. The number of hydrogen-bond acceptors (Lipinski definition) is 4. The monoisotopic (exact) mass is 338 g/mol. The van der Waals surface area contributed by atoms with Crippen LogP contribution in [0.25, 0.3) is 0 Å². The predicted molar refractivity (Wildman–Crippen MR) is 85.5 cm³/mol. The van der Waals surface area contributed by atoms with Crippen LogP contribution in [0, 0.1) is 5.92 Å². The second kappa shape index (κ2) is 6.18. The Morgan fingerprint density at radius 2 is 2.04 bits per heavy atom. The normalized spacial score (nSPS) is 25.9. The molecule has 0 N–H and O–H groups in total. The molecule has 0 saturated carbocycles. The maximum atomic E-state index is 12.7. The molecular formula is C15H22N4O3S. The molecule has 2 bridgehead atoms. The molecular weight excluding hydrogens is 316 g/mol. The Hall–Kier alpha value is -1.51. The molecule has 0 aliphatic carbocycles. The van der Waals surface area contributed by atoms with Gasteiger partial charge in [0.2, 0.25) is 5.91 Å². The fraction of sp³-hybridized carbons (Fsp3) is 0.600. The fourth-order valence-electron chi connectivity index (χ4n) is 3.29. The van der Waals surface area contributed by atoms with Gasteiger partial charge in [0.1, 0.15) is 0 Å². The summed E-state index contributed by atoms with van der Waals surface area (Å²) in [6, 6.07) is 5.54. The molecule has 3 fully saturated rings. The van der Waals surface area contributed by atoms with Crippen LogP contribution in [-0.2, 0) is 21.5 Å². The lowest BCUT2D eigenvalue weighted by molar-refractivity contribution is -0.140. The molecule has 1 aromatic heterocycles. The van der Waals surface area contributed by atoms with Crippen molar-refractivity contribution in [3.63, 3.8) is 0 Å². The fourth-order valence-corrected chi connectivity index (χ4v) is 4.49. The van der Waals surface area contributed by atoms with Crippen molar-refractivity contribution >= 4 is 16.1 Å². The van der Waals surface area contributed by atoms with Crippen LogP contribution in [0.1, 0.15) is 18.5 Å². The van der Waals surface area contributed by atoms with E-state index in [4.69, 9.17) is 0 Å². The number of carbonyl (C=O) groups is 1. The first kappa shape index (κ1) is 16.4. The van der Waals surface area contributed by atoms with Crippen LogP contribution in [0.15, 0.2) is 24.4 Å². The number of amides is 1. The molecule has 23 heavy (non-hydrogen) atoms. The van der Waals surface area contributed by atoms with Crippen molar-refractivity contribution in [1.29, 1.82) is 0 Å². The zero-order valence-electron chi connectivity index (χ0n) is 13.4. The summed E-state index contributed by atoms with van der Waals surface area (Å²) in [6.07, 6.45) is 3.29. The van der Waals surface area contributed by atoms with Crippen LogP contribution in [0.3, 0.4) is 0 Å². The first-order valence-corrected chi connectivity index (χ1v) is 9.17. The summed E-state index contributed by atoms with van der Waals surface area (Å²) >= 11 is 0. The second-order valence-electron chi connectivity index (χ2n) is 6.32. The van der Waals surface area contributed by atoms with E-state index in [9.17, 15) is 13.2 Å². The molecule has 2 atom stereocenters. The highest BCUT2D eigenvalue weighted by atomic mass is 32.2. The van der Waals surface area contributed by atoms with Crippen LogP contribution in [0.4, 0.5) is 0 Å². The van der Waals surface area contributed by atoms with Gasteiger partial charge in [-0.15, -0.1) is 0 Å². The quantitative estimate of drug-likeness (QED) is 0.792. The Kier molecular flexibility index (Phi) is 4.39. The highest BCUT2D eigenvalue weighted by Gasteiger charge is 2.44. The summed E-state index contributed by atoms with van der Waals surface area (Å²) in [5, 5.41) is 0. The molecule has 0 spiro atoms. The highest BCUT2D eigenvalue weighted by molar-refractivity contribution is 7.86. The van der Waals surface area contributed by atoms with Gasteiger partial charge in [-0.25, -0.2) is 0 Å². The summed E-state index contributed by atoms with van der Waals surface area (Å²) in [4.78, 5) is 18.8. The number of hydrogen-bond donors (Lipinski definition) is 0. The molecule has 3 aliphatic rings. The molecule has 0 aromatic carbocycles. The lowest BCUT2D eigenvalue weighted by Gasteiger charge is -2.35. The standard InChI is InChI=1S/C15H22N4O3S/c1-17(2)23(21,22)18-9-12-6-7-14(11-18)19(15(12)20)10-13-5-3-4-8-16-13/h3-5,8,12,14H,6-7,9-11H2,1-2H3/t12-,14+/m0/s1. The van der Waals surface area contributed by atoms with Crippen molar-refractivity contribution < 1.29 is 13.2 Å². The first-order chi connectivity index (χ1) is 10.9. The third kappa shape index (κ3) is 3.11. The van der Waals surface area contributed by atoms with Gasteiger partial charge in [-0.3, -0.25) is 9.78 Å². The average Bonchev–Trinajstić information content (AvgIpc) is 2.82. The van der Waals surface area contributed by atoms with E-state index >= 15 is 0 Å². The van der Waals surface area contributed by atoms with Gasteiger partial charge in [0.25, 0.3) is 10.2 Å². The molecule has 4 rings (SSSR count). The van der Waals surface area contributed by atoms with Crippen molar-refractivity contribution in [1.82, 2.24) is 18.5 Å². The molecule has 0 unspecified atom stereocenters. The number of pyridine rings is 1. The van der Waals surface area contributed by atoms with Gasteiger partial charge in [-0.1, -0.05) is 6.07 Å². The Labute approximate surface area is 137 Å². The summed E-state index contributed by atoms with van der Waals surface area (Å²) in [7, 11) is -0.450. The number of aromatic nitrogens is 1. The Morgan fingerprint density at radius 3 is 2.70 bits per heavy atom. The van der Waals surface area contributed by atoms with Crippen molar-refractivity contribution in [2.45, 2.75) is 25.4 Å². The van der Waals surface area contributed by atoms with E-state index < -0.39 is 10.2 Å². The second-order valence-corrected chi connectivity index (χ2v) is 8.46. The molecule has 3 saturated heterocycles. The lowest BCUT2D eigenvalue weighted by atomic mass is 9.94.